The number of pyridine rings is 1. The molecule has 14 heavy (non-hydrogen) atoms. The Morgan fingerprint density at radius 1 is 1.50 bits per heavy atom. The molecule has 0 saturated carbocycles. The number of aryl methyl sites for hydroxylation is 1. The summed E-state index contributed by atoms with van der Waals surface area (Å²) >= 11 is 0. The molecule has 1 heterocycles. The molecule has 0 spiro atoms. The van der Waals surface area contributed by atoms with Crippen molar-refractivity contribution >= 4 is 5.82 Å². The van der Waals surface area contributed by atoms with Gasteiger partial charge in [0.25, 0.3) is 0 Å². The molecule has 1 rings (SSSR count). The van der Waals surface area contributed by atoms with Crippen LogP contribution < -0.4 is 10.5 Å². The lowest BCUT2D eigenvalue weighted by Gasteiger charge is -2.14. The fourth-order valence-corrected chi connectivity index (χ4v) is 1.15. The summed E-state index contributed by atoms with van der Waals surface area (Å²) < 4.78 is 10.5. The quantitative estimate of drug-likeness (QED) is 0.790. The van der Waals surface area contributed by atoms with Gasteiger partial charge in [0.15, 0.2) is 11.6 Å². The Bertz CT molecular complexity index is 302. The third-order valence-electron chi connectivity index (χ3n) is 1.75. The summed E-state index contributed by atoms with van der Waals surface area (Å²) in [5, 5.41) is 0. The largest absolute Gasteiger partial charge is 0.484 e. The second-order valence-electron chi connectivity index (χ2n) is 3.22. The fourth-order valence-electron chi connectivity index (χ4n) is 1.15. The molecule has 0 aliphatic carbocycles. The zero-order valence-electron chi connectivity index (χ0n) is 8.78. The average Bonchev–Trinajstić information content (AvgIpc) is 2.10. The van der Waals surface area contributed by atoms with E-state index in [0.29, 0.717) is 18.2 Å². The molecule has 1 aromatic heterocycles. The number of hydrogen-bond donors (Lipinski definition) is 1. The van der Waals surface area contributed by atoms with Crippen molar-refractivity contribution in [3.8, 4) is 5.75 Å². The van der Waals surface area contributed by atoms with Gasteiger partial charge in [0.2, 0.25) is 0 Å². The number of aromatic nitrogens is 1. The van der Waals surface area contributed by atoms with E-state index in [0.717, 1.165) is 5.69 Å². The van der Waals surface area contributed by atoms with Gasteiger partial charge in [-0.05, 0) is 26.0 Å². The van der Waals surface area contributed by atoms with E-state index in [-0.39, 0.29) is 6.10 Å². The highest BCUT2D eigenvalue weighted by molar-refractivity contribution is 5.46. The van der Waals surface area contributed by atoms with Gasteiger partial charge in [-0.25, -0.2) is 4.98 Å². The van der Waals surface area contributed by atoms with Gasteiger partial charge in [0.1, 0.15) is 6.10 Å². The molecule has 2 N–H and O–H groups in total. The number of ether oxygens (including phenoxy) is 2. The van der Waals surface area contributed by atoms with Gasteiger partial charge < -0.3 is 15.2 Å². The third kappa shape index (κ3) is 2.88. The number of nitrogen functional groups attached to an aromatic ring is 1. The average molecular weight is 196 g/mol. The molecule has 1 aromatic rings. The van der Waals surface area contributed by atoms with E-state index < -0.39 is 0 Å². The third-order valence-corrected chi connectivity index (χ3v) is 1.75. The number of nitrogens with two attached hydrogens (primary N) is 1. The van der Waals surface area contributed by atoms with Gasteiger partial charge in [-0.2, -0.15) is 0 Å². The van der Waals surface area contributed by atoms with Crippen molar-refractivity contribution in [3.05, 3.63) is 17.8 Å². The number of anilines is 1. The van der Waals surface area contributed by atoms with Gasteiger partial charge in [-0.15, -0.1) is 0 Å². The highest BCUT2D eigenvalue weighted by Gasteiger charge is 2.07. The minimum absolute atomic E-state index is 0.0215. The van der Waals surface area contributed by atoms with Crippen LogP contribution in [0.4, 0.5) is 5.82 Å². The normalized spacial score (nSPS) is 12.5. The Hall–Kier alpha value is -1.29. The van der Waals surface area contributed by atoms with Gasteiger partial charge in [0.05, 0.1) is 6.61 Å². The molecule has 0 radical (unpaired) electrons. The predicted octanol–water partition coefficient (Wildman–Crippen LogP) is 1.39. The van der Waals surface area contributed by atoms with Gasteiger partial charge >= 0.3 is 0 Å². The first-order valence-electron chi connectivity index (χ1n) is 4.52. The number of hydrogen-bond acceptors (Lipinski definition) is 4. The summed E-state index contributed by atoms with van der Waals surface area (Å²) in [5.74, 6) is 1.04. The molecular formula is C10H16N2O2. The first kappa shape index (κ1) is 10.8. The van der Waals surface area contributed by atoms with Gasteiger partial charge in [-0.3, -0.25) is 0 Å². The Balaban J connectivity index is 2.67. The van der Waals surface area contributed by atoms with E-state index in [2.05, 4.69) is 4.98 Å². The summed E-state index contributed by atoms with van der Waals surface area (Å²) in [7, 11) is 1.64. The number of methoxy groups -OCH3 is 1. The van der Waals surface area contributed by atoms with Crippen LogP contribution in [0.5, 0.6) is 5.75 Å². The maximum Gasteiger partial charge on any atom is 0.166 e. The van der Waals surface area contributed by atoms with Crippen LogP contribution in [0.2, 0.25) is 0 Å². The molecule has 0 bridgehead atoms. The van der Waals surface area contributed by atoms with Crippen LogP contribution in [-0.4, -0.2) is 24.8 Å². The molecule has 0 aliphatic rings. The second-order valence-corrected chi connectivity index (χ2v) is 3.22. The van der Waals surface area contributed by atoms with Crippen molar-refractivity contribution in [2.24, 2.45) is 0 Å². The second kappa shape index (κ2) is 4.81. The van der Waals surface area contributed by atoms with Crippen LogP contribution in [0, 0.1) is 6.92 Å². The molecule has 0 saturated heterocycles. The lowest BCUT2D eigenvalue weighted by molar-refractivity contribution is 0.0923. The van der Waals surface area contributed by atoms with Crippen LogP contribution >= 0.6 is 0 Å². The molecule has 78 valence electrons. The Kier molecular flexibility index (Phi) is 3.71. The van der Waals surface area contributed by atoms with Crippen molar-refractivity contribution in [1.82, 2.24) is 4.98 Å². The molecule has 0 fully saturated rings. The molecule has 0 aliphatic heterocycles. The van der Waals surface area contributed by atoms with Crippen molar-refractivity contribution in [2.75, 3.05) is 19.5 Å². The van der Waals surface area contributed by atoms with Crippen LogP contribution in [0.15, 0.2) is 12.1 Å². The summed E-state index contributed by atoms with van der Waals surface area (Å²) in [5.41, 5.74) is 6.57. The molecule has 1 atom stereocenters. The van der Waals surface area contributed by atoms with Gasteiger partial charge in [0, 0.05) is 12.8 Å². The molecule has 4 heteroatoms. The zero-order valence-corrected chi connectivity index (χ0v) is 8.78. The van der Waals surface area contributed by atoms with Crippen LogP contribution in [-0.2, 0) is 4.74 Å². The highest BCUT2D eigenvalue weighted by Crippen LogP contribution is 2.19. The van der Waals surface area contributed by atoms with E-state index in [1.54, 1.807) is 7.11 Å². The Labute approximate surface area is 84.0 Å². The van der Waals surface area contributed by atoms with E-state index in [9.17, 15) is 0 Å². The number of nitrogens with zero attached hydrogens (tertiary/aromatic N) is 1. The van der Waals surface area contributed by atoms with Crippen molar-refractivity contribution in [2.45, 2.75) is 20.0 Å². The van der Waals surface area contributed by atoms with Gasteiger partial charge in [-0.1, -0.05) is 0 Å². The van der Waals surface area contributed by atoms with E-state index in [1.165, 1.54) is 0 Å². The smallest absolute Gasteiger partial charge is 0.166 e. The maximum absolute atomic E-state index is 5.69. The monoisotopic (exact) mass is 196 g/mol. The SMILES string of the molecule is COCC(C)Oc1ccc(C)nc1N. The molecule has 1 unspecified atom stereocenters. The minimum Gasteiger partial charge on any atom is -0.484 e. The zero-order chi connectivity index (χ0) is 10.6. The molecular weight excluding hydrogens is 180 g/mol. The minimum atomic E-state index is -0.0215. The van der Waals surface area contributed by atoms with Crippen molar-refractivity contribution in [1.29, 1.82) is 0 Å². The first-order valence-corrected chi connectivity index (χ1v) is 4.52. The summed E-state index contributed by atoms with van der Waals surface area (Å²) in [6.07, 6.45) is -0.0215. The number of rotatable bonds is 4. The topological polar surface area (TPSA) is 57.4 Å². The van der Waals surface area contributed by atoms with Crippen LogP contribution in [0.25, 0.3) is 0 Å². The van der Waals surface area contributed by atoms with E-state index in [1.807, 2.05) is 26.0 Å². The Morgan fingerprint density at radius 3 is 2.79 bits per heavy atom. The Morgan fingerprint density at radius 2 is 2.21 bits per heavy atom. The fraction of sp³-hybridized carbons (Fsp3) is 0.500. The lowest BCUT2D eigenvalue weighted by Crippen LogP contribution is -2.18. The predicted molar refractivity (Wildman–Crippen MR) is 55.4 cm³/mol. The van der Waals surface area contributed by atoms with E-state index >= 15 is 0 Å². The summed E-state index contributed by atoms with van der Waals surface area (Å²) in [4.78, 5) is 4.10. The molecule has 4 nitrogen and oxygen atoms in total. The first-order chi connectivity index (χ1) is 6.63. The molecule has 0 aromatic carbocycles. The van der Waals surface area contributed by atoms with Crippen LogP contribution in [0.3, 0.4) is 0 Å². The van der Waals surface area contributed by atoms with E-state index in [4.69, 9.17) is 15.2 Å². The summed E-state index contributed by atoms with van der Waals surface area (Å²) in [6, 6.07) is 3.69. The van der Waals surface area contributed by atoms with Crippen molar-refractivity contribution < 1.29 is 9.47 Å². The van der Waals surface area contributed by atoms with Crippen molar-refractivity contribution in [3.63, 3.8) is 0 Å². The lowest BCUT2D eigenvalue weighted by atomic mass is 10.3. The standard InChI is InChI=1S/C10H16N2O2/c1-7-4-5-9(10(11)12-7)14-8(2)6-13-3/h4-5,8H,6H2,1-3H3,(H2,11,12). The van der Waals surface area contributed by atoms with Crippen LogP contribution in [0.1, 0.15) is 12.6 Å². The maximum atomic E-state index is 5.69. The molecule has 0 amide bonds. The highest BCUT2D eigenvalue weighted by atomic mass is 16.5. The summed E-state index contributed by atoms with van der Waals surface area (Å²) in [6.45, 7) is 4.34.